The Bertz CT molecular complexity index is 218. The maximum Gasteiger partial charge on any atom is 0.346 e. The minimum Gasteiger partial charge on any atom is -0.467 e. The molecule has 2 bridgehead atoms. The summed E-state index contributed by atoms with van der Waals surface area (Å²) in [6.45, 7) is 0. The standard InChI is InChI=1S/C8H11FO3/c1-11-7(10)8(9)4-5-2-3-6(8)12-5/h5-6H,2-4H2,1H3/t5-,6-,8+/m1/s1. The van der Waals surface area contributed by atoms with Gasteiger partial charge in [-0.25, -0.2) is 9.18 Å². The van der Waals surface area contributed by atoms with E-state index in [0.29, 0.717) is 6.42 Å². The summed E-state index contributed by atoms with van der Waals surface area (Å²) in [5.74, 6) is -0.783. The molecule has 3 atom stereocenters. The predicted octanol–water partition coefficient (Wildman–Crippen LogP) is 0.819. The molecule has 0 N–H and O–H groups in total. The van der Waals surface area contributed by atoms with Crippen LogP contribution < -0.4 is 0 Å². The number of ether oxygens (including phenoxy) is 2. The molecule has 2 rings (SSSR count). The zero-order valence-electron chi connectivity index (χ0n) is 6.88. The maximum absolute atomic E-state index is 13.8. The van der Waals surface area contributed by atoms with E-state index in [1.165, 1.54) is 7.11 Å². The molecule has 2 aliphatic heterocycles. The van der Waals surface area contributed by atoms with Crippen molar-refractivity contribution < 1.29 is 18.7 Å². The average Bonchev–Trinajstić information content (AvgIpc) is 2.62. The van der Waals surface area contributed by atoms with Crippen molar-refractivity contribution in [2.24, 2.45) is 0 Å². The summed E-state index contributed by atoms with van der Waals surface area (Å²) in [6, 6.07) is 0. The zero-order valence-corrected chi connectivity index (χ0v) is 6.88. The van der Waals surface area contributed by atoms with Gasteiger partial charge in [-0.3, -0.25) is 0 Å². The molecule has 3 nitrogen and oxygen atoms in total. The summed E-state index contributed by atoms with van der Waals surface area (Å²) in [5, 5.41) is 0. The van der Waals surface area contributed by atoms with Gasteiger partial charge in [-0.05, 0) is 12.8 Å². The molecule has 2 saturated heterocycles. The molecule has 4 heteroatoms. The number of carbonyl (C=O) groups excluding carboxylic acids is 1. The summed E-state index contributed by atoms with van der Waals surface area (Å²) in [4.78, 5) is 11.0. The van der Waals surface area contributed by atoms with Crippen LogP contribution in [0.15, 0.2) is 0 Å². The van der Waals surface area contributed by atoms with Gasteiger partial charge in [0.15, 0.2) is 0 Å². The van der Waals surface area contributed by atoms with Crippen LogP contribution in [-0.2, 0) is 14.3 Å². The molecule has 12 heavy (non-hydrogen) atoms. The average molecular weight is 174 g/mol. The molecular formula is C8H11FO3. The summed E-state index contributed by atoms with van der Waals surface area (Å²) in [7, 11) is 1.20. The largest absolute Gasteiger partial charge is 0.467 e. The van der Waals surface area contributed by atoms with Crippen molar-refractivity contribution in [2.75, 3.05) is 7.11 Å². The van der Waals surface area contributed by atoms with E-state index in [9.17, 15) is 9.18 Å². The van der Waals surface area contributed by atoms with Gasteiger partial charge in [-0.2, -0.15) is 0 Å². The third kappa shape index (κ3) is 0.874. The molecule has 2 fully saturated rings. The second-order valence-electron chi connectivity index (χ2n) is 3.38. The van der Waals surface area contributed by atoms with Gasteiger partial charge in [0.05, 0.1) is 13.2 Å². The lowest BCUT2D eigenvalue weighted by atomic mass is 9.86. The lowest BCUT2D eigenvalue weighted by Gasteiger charge is -2.23. The Hall–Kier alpha value is -0.640. The van der Waals surface area contributed by atoms with Gasteiger partial charge in [0.25, 0.3) is 0 Å². The lowest BCUT2D eigenvalue weighted by Crippen LogP contribution is -2.43. The molecule has 0 amide bonds. The number of alkyl halides is 1. The van der Waals surface area contributed by atoms with Gasteiger partial charge in [0.1, 0.15) is 6.10 Å². The number of hydrogen-bond acceptors (Lipinski definition) is 3. The van der Waals surface area contributed by atoms with Gasteiger partial charge in [0, 0.05) is 6.42 Å². The fraction of sp³-hybridized carbons (Fsp3) is 0.875. The van der Waals surface area contributed by atoms with Gasteiger partial charge >= 0.3 is 5.97 Å². The fourth-order valence-corrected chi connectivity index (χ4v) is 2.04. The van der Waals surface area contributed by atoms with Crippen molar-refractivity contribution in [3.05, 3.63) is 0 Å². The van der Waals surface area contributed by atoms with E-state index in [1.807, 2.05) is 0 Å². The number of halogens is 1. The van der Waals surface area contributed by atoms with Crippen LogP contribution in [0.25, 0.3) is 0 Å². The van der Waals surface area contributed by atoms with Crippen LogP contribution in [0.1, 0.15) is 19.3 Å². The van der Waals surface area contributed by atoms with Gasteiger partial charge in [0.2, 0.25) is 5.67 Å². The number of rotatable bonds is 1. The van der Waals surface area contributed by atoms with Crippen LogP contribution in [0.3, 0.4) is 0 Å². The zero-order chi connectivity index (χ0) is 8.77. The lowest BCUT2D eigenvalue weighted by molar-refractivity contribution is -0.158. The van der Waals surface area contributed by atoms with E-state index in [4.69, 9.17) is 4.74 Å². The van der Waals surface area contributed by atoms with Gasteiger partial charge < -0.3 is 9.47 Å². The molecule has 68 valence electrons. The van der Waals surface area contributed by atoms with E-state index >= 15 is 0 Å². The fourth-order valence-electron chi connectivity index (χ4n) is 2.04. The van der Waals surface area contributed by atoms with Crippen molar-refractivity contribution in [3.63, 3.8) is 0 Å². The summed E-state index contributed by atoms with van der Waals surface area (Å²) in [5.41, 5.74) is -1.86. The number of esters is 1. The maximum atomic E-state index is 13.8. The molecule has 2 aliphatic rings. The molecule has 0 unspecified atom stereocenters. The number of carbonyl (C=O) groups is 1. The summed E-state index contributed by atoms with van der Waals surface area (Å²) in [6.07, 6.45) is 1.04. The van der Waals surface area contributed by atoms with Crippen LogP contribution in [0.5, 0.6) is 0 Å². The molecular weight excluding hydrogens is 163 g/mol. The van der Waals surface area contributed by atoms with E-state index < -0.39 is 17.7 Å². The quantitative estimate of drug-likeness (QED) is 0.552. The van der Waals surface area contributed by atoms with E-state index in [0.717, 1.165) is 6.42 Å². The van der Waals surface area contributed by atoms with Crippen molar-refractivity contribution in [1.29, 1.82) is 0 Å². The first-order valence-electron chi connectivity index (χ1n) is 4.09. The minimum absolute atomic E-state index is 0.0703. The Morgan fingerprint density at radius 3 is 2.83 bits per heavy atom. The van der Waals surface area contributed by atoms with Crippen LogP contribution in [-0.4, -0.2) is 31.0 Å². The summed E-state index contributed by atoms with van der Waals surface area (Å²) < 4.78 is 23.4. The van der Waals surface area contributed by atoms with Crippen molar-refractivity contribution in [3.8, 4) is 0 Å². The predicted molar refractivity (Wildman–Crippen MR) is 38.4 cm³/mol. The Balaban J connectivity index is 2.17. The van der Waals surface area contributed by atoms with Gasteiger partial charge in [-0.15, -0.1) is 0 Å². The minimum atomic E-state index is -1.86. The highest BCUT2D eigenvalue weighted by atomic mass is 19.1. The highest BCUT2D eigenvalue weighted by Gasteiger charge is 2.59. The molecule has 0 saturated carbocycles. The second kappa shape index (κ2) is 2.42. The molecule has 0 aromatic rings. The van der Waals surface area contributed by atoms with Crippen LogP contribution in [0, 0.1) is 0 Å². The van der Waals surface area contributed by atoms with Crippen molar-refractivity contribution in [2.45, 2.75) is 37.1 Å². The molecule has 2 heterocycles. The Kier molecular flexibility index (Phi) is 1.61. The highest BCUT2D eigenvalue weighted by Crippen LogP contribution is 2.44. The molecule has 0 aliphatic carbocycles. The van der Waals surface area contributed by atoms with E-state index in [2.05, 4.69) is 4.74 Å². The first kappa shape index (κ1) is 7.98. The first-order chi connectivity index (χ1) is 5.66. The van der Waals surface area contributed by atoms with E-state index in [-0.39, 0.29) is 12.5 Å². The molecule has 0 radical (unpaired) electrons. The van der Waals surface area contributed by atoms with Gasteiger partial charge in [-0.1, -0.05) is 0 Å². The normalized spacial score (nSPS) is 44.8. The van der Waals surface area contributed by atoms with Crippen LogP contribution in [0.4, 0.5) is 4.39 Å². The third-order valence-corrected chi connectivity index (χ3v) is 2.67. The highest BCUT2D eigenvalue weighted by molar-refractivity contribution is 5.81. The number of hydrogen-bond donors (Lipinski definition) is 0. The second-order valence-corrected chi connectivity index (χ2v) is 3.38. The molecule has 0 aromatic carbocycles. The summed E-state index contributed by atoms with van der Waals surface area (Å²) >= 11 is 0. The number of methoxy groups -OCH3 is 1. The SMILES string of the molecule is COC(=O)[C@]1(F)C[C@H]2CC[C@H]1O2. The third-order valence-electron chi connectivity index (χ3n) is 2.67. The topological polar surface area (TPSA) is 35.5 Å². The Morgan fingerprint density at radius 1 is 1.67 bits per heavy atom. The van der Waals surface area contributed by atoms with Crippen LogP contribution >= 0.6 is 0 Å². The van der Waals surface area contributed by atoms with Crippen molar-refractivity contribution >= 4 is 5.97 Å². The Labute approximate surface area is 69.8 Å². The first-order valence-corrected chi connectivity index (χ1v) is 4.09. The van der Waals surface area contributed by atoms with Crippen molar-refractivity contribution in [1.82, 2.24) is 0 Å². The molecule has 0 aromatic heterocycles. The van der Waals surface area contributed by atoms with E-state index in [1.54, 1.807) is 0 Å². The molecule has 0 spiro atoms. The Morgan fingerprint density at radius 2 is 2.42 bits per heavy atom. The monoisotopic (exact) mass is 174 g/mol. The number of fused-ring (bicyclic) bond motifs is 2. The van der Waals surface area contributed by atoms with Crippen LogP contribution in [0.2, 0.25) is 0 Å². The smallest absolute Gasteiger partial charge is 0.346 e.